The van der Waals surface area contributed by atoms with E-state index in [1.165, 1.54) is 22.9 Å². The summed E-state index contributed by atoms with van der Waals surface area (Å²) in [6, 6.07) is 8.17. The molecule has 0 unspecified atom stereocenters. The van der Waals surface area contributed by atoms with Crippen molar-refractivity contribution in [3.8, 4) is 5.75 Å². The van der Waals surface area contributed by atoms with Gasteiger partial charge >= 0.3 is 12.3 Å². The van der Waals surface area contributed by atoms with Crippen molar-refractivity contribution in [1.29, 1.82) is 0 Å². The molecule has 2 aromatic carbocycles. The van der Waals surface area contributed by atoms with Crippen LogP contribution in [0.15, 0.2) is 42.5 Å². The Balaban J connectivity index is 2.10. The standard InChI is InChI=1S/C19H14F4N2O3/c1-11-2-3-12(15(20)8-11)10-25-17-9-13(28-19(21,22)23)4-5-14(17)16(24-25)6-7-18(26)27/h2-9H,10H2,1H3,(H,26,27). The molecule has 0 fully saturated rings. The second kappa shape index (κ2) is 7.34. The first-order chi connectivity index (χ1) is 13.1. The molecule has 3 aromatic rings. The Morgan fingerprint density at radius 1 is 1.25 bits per heavy atom. The number of fused-ring (bicyclic) bond motifs is 1. The van der Waals surface area contributed by atoms with Crippen LogP contribution in [0.25, 0.3) is 17.0 Å². The predicted molar refractivity (Wildman–Crippen MR) is 93.3 cm³/mol. The van der Waals surface area contributed by atoms with E-state index < -0.39 is 23.9 Å². The van der Waals surface area contributed by atoms with Crippen molar-refractivity contribution in [2.75, 3.05) is 0 Å². The number of nitrogens with zero attached hydrogens (tertiary/aromatic N) is 2. The molecule has 0 atom stereocenters. The van der Waals surface area contributed by atoms with Gasteiger partial charge in [-0.15, -0.1) is 13.2 Å². The van der Waals surface area contributed by atoms with E-state index >= 15 is 0 Å². The lowest BCUT2D eigenvalue weighted by atomic mass is 10.1. The zero-order chi connectivity index (χ0) is 20.5. The molecule has 0 aliphatic carbocycles. The zero-order valence-corrected chi connectivity index (χ0v) is 14.5. The highest BCUT2D eigenvalue weighted by atomic mass is 19.4. The van der Waals surface area contributed by atoms with Gasteiger partial charge in [-0.3, -0.25) is 4.68 Å². The summed E-state index contributed by atoms with van der Waals surface area (Å²) < 4.78 is 57.0. The molecule has 0 bridgehead atoms. The smallest absolute Gasteiger partial charge is 0.478 e. The van der Waals surface area contributed by atoms with Crippen LogP contribution in [0, 0.1) is 12.7 Å². The Kier molecular flexibility index (Phi) is 5.08. The zero-order valence-electron chi connectivity index (χ0n) is 14.5. The van der Waals surface area contributed by atoms with E-state index in [1.807, 2.05) is 0 Å². The van der Waals surface area contributed by atoms with Crippen LogP contribution in [0.3, 0.4) is 0 Å². The van der Waals surface area contributed by atoms with Gasteiger partial charge in [-0.2, -0.15) is 5.10 Å². The summed E-state index contributed by atoms with van der Waals surface area (Å²) in [5.41, 5.74) is 1.47. The third-order valence-corrected chi connectivity index (χ3v) is 3.90. The summed E-state index contributed by atoms with van der Waals surface area (Å²) in [6.45, 7) is 1.67. The van der Waals surface area contributed by atoms with E-state index in [-0.39, 0.29) is 23.3 Å². The second-order valence-corrected chi connectivity index (χ2v) is 6.04. The van der Waals surface area contributed by atoms with Gasteiger partial charge in [0.1, 0.15) is 11.6 Å². The third kappa shape index (κ3) is 4.48. The summed E-state index contributed by atoms with van der Waals surface area (Å²) in [6.07, 6.45) is -2.79. The summed E-state index contributed by atoms with van der Waals surface area (Å²) in [5, 5.41) is 13.4. The minimum Gasteiger partial charge on any atom is -0.478 e. The van der Waals surface area contributed by atoms with E-state index in [1.54, 1.807) is 19.1 Å². The molecule has 3 rings (SSSR count). The van der Waals surface area contributed by atoms with Crippen molar-refractivity contribution in [3.05, 3.63) is 65.1 Å². The van der Waals surface area contributed by atoms with Gasteiger partial charge in [0.25, 0.3) is 0 Å². The van der Waals surface area contributed by atoms with Crippen molar-refractivity contribution in [2.45, 2.75) is 19.8 Å². The van der Waals surface area contributed by atoms with Gasteiger partial charge in [0.05, 0.1) is 17.8 Å². The number of carboxylic acid groups (broad SMARTS) is 1. The molecule has 5 nitrogen and oxygen atoms in total. The van der Waals surface area contributed by atoms with Gasteiger partial charge in [-0.05, 0) is 36.8 Å². The fraction of sp³-hybridized carbons (Fsp3) is 0.158. The van der Waals surface area contributed by atoms with Crippen molar-refractivity contribution in [2.24, 2.45) is 0 Å². The molecule has 0 aliphatic heterocycles. The Labute approximate surface area is 156 Å². The van der Waals surface area contributed by atoms with Crippen LogP contribution in [-0.4, -0.2) is 27.2 Å². The average molecular weight is 394 g/mol. The lowest BCUT2D eigenvalue weighted by molar-refractivity contribution is -0.274. The Bertz CT molecular complexity index is 1070. The van der Waals surface area contributed by atoms with Gasteiger partial charge < -0.3 is 9.84 Å². The minimum absolute atomic E-state index is 0.0566. The topological polar surface area (TPSA) is 64.4 Å². The summed E-state index contributed by atoms with van der Waals surface area (Å²) >= 11 is 0. The Morgan fingerprint density at radius 3 is 2.64 bits per heavy atom. The molecule has 0 spiro atoms. The Hall–Kier alpha value is -3.36. The van der Waals surface area contributed by atoms with E-state index in [4.69, 9.17) is 5.11 Å². The fourth-order valence-corrected chi connectivity index (χ4v) is 2.71. The lowest BCUT2D eigenvalue weighted by Gasteiger charge is -2.10. The molecule has 1 heterocycles. The van der Waals surface area contributed by atoms with Crippen molar-refractivity contribution in [3.63, 3.8) is 0 Å². The number of alkyl halides is 3. The maximum absolute atomic E-state index is 14.2. The van der Waals surface area contributed by atoms with E-state index in [0.717, 1.165) is 23.8 Å². The van der Waals surface area contributed by atoms with Gasteiger partial charge in [0, 0.05) is 23.1 Å². The van der Waals surface area contributed by atoms with Crippen molar-refractivity contribution in [1.82, 2.24) is 9.78 Å². The molecule has 146 valence electrons. The quantitative estimate of drug-likeness (QED) is 0.510. The largest absolute Gasteiger partial charge is 0.573 e. The van der Waals surface area contributed by atoms with Gasteiger partial charge in [-0.25, -0.2) is 9.18 Å². The van der Waals surface area contributed by atoms with Crippen LogP contribution in [0.2, 0.25) is 0 Å². The Morgan fingerprint density at radius 2 is 2.00 bits per heavy atom. The summed E-state index contributed by atoms with van der Waals surface area (Å²) in [4.78, 5) is 10.8. The molecular formula is C19H14F4N2O3. The third-order valence-electron chi connectivity index (χ3n) is 3.90. The normalized spacial score (nSPS) is 12.0. The van der Waals surface area contributed by atoms with Crippen LogP contribution in [0.4, 0.5) is 17.6 Å². The molecule has 0 radical (unpaired) electrons. The number of aromatic nitrogens is 2. The maximum atomic E-state index is 14.2. The average Bonchev–Trinajstić information content (AvgIpc) is 2.91. The van der Waals surface area contributed by atoms with Gasteiger partial charge in [0.15, 0.2) is 0 Å². The van der Waals surface area contributed by atoms with E-state index in [2.05, 4.69) is 9.84 Å². The molecule has 0 saturated heterocycles. The molecule has 0 saturated carbocycles. The van der Waals surface area contributed by atoms with Crippen LogP contribution >= 0.6 is 0 Å². The number of rotatable bonds is 5. The monoisotopic (exact) mass is 394 g/mol. The number of benzene rings is 2. The second-order valence-electron chi connectivity index (χ2n) is 6.04. The number of hydrogen-bond donors (Lipinski definition) is 1. The predicted octanol–water partition coefficient (Wildman–Crippen LogP) is 4.53. The summed E-state index contributed by atoms with van der Waals surface area (Å²) in [5.74, 6) is -2.14. The first-order valence-electron chi connectivity index (χ1n) is 8.05. The first-order valence-corrected chi connectivity index (χ1v) is 8.05. The van der Waals surface area contributed by atoms with E-state index in [9.17, 15) is 22.4 Å². The molecule has 1 N–H and O–H groups in total. The van der Waals surface area contributed by atoms with Crippen LogP contribution in [-0.2, 0) is 11.3 Å². The number of hydrogen-bond acceptors (Lipinski definition) is 3. The number of ether oxygens (including phenoxy) is 1. The lowest BCUT2D eigenvalue weighted by Crippen LogP contribution is -2.17. The molecule has 0 aliphatic rings. The molecule has 9 heteroatoms. The van der Waals surface area contributed by atoms with Crippen LogP contribution in [0.1, 0.15) is 16.8 Å². The minimum atomic E-state index is -4.87. The first kappa shape index (κ1) is 19.4. The van der Waals surface area contributed by atoms with Crippen LogP contribution < -0.4 is 4.74 Å². The number of carboxylic acids is 1. The fourth-order valence-electron chi connectivity index (χ4n) is 2.71. The van der Waals surface area contributed by atoms with E-state index in [0.29, 0.717) is 5.39 Å². The van der Waals surface area contributed by atoms with Gasteiger partial charge in [0.2, 0.25) is 0 Å². The SMILES string of the molecule is Cc1ccc(Cn2nc(C=CC(=O)O)c3ccc(OC(F)(F)F)cc32)c(F)c1. The molecule has 28 heavy (non-hydrogen) atoms. The highest BCUT2D eigenvalue weighted by molar-refractivity contribution is 5.92. The highest BCUT2D eigenvalue weighted by Gasteiger charge is 2.31. The van der Waals surface area contributed by atoms with Gasteiger partial charge in [-0.1, -0.05) is 12.1 Å². The number of aryl methyl sites for hydroxylation is 1. The highest BCUT2D eigenvalue weighted by Crippen LogP contribution is 2.29. The molecular weight excluding hydrogens is 380 g/mol. The van der Waals surface area contributed by atoms with Crippen LogP contribution in [0.5, 0.6) is 5.75 Å². The molecule has 1 aromatic heterocycles. The number of carbonyl (C=O) groups is 1. The van der Waals surface area contributed by atoms with Crippen molar-refractivity contribution >= 4 is 22.9 Å². The van der Waals surface area contributed by atoms with Crippen molar-refractivity contribution < 1.29 is 32.2 Å². The summed E-state index contributed by atoms with van der Waals surface area (Å²) in [7, 11) is 0. The molecule has 0 amide bonds. The maximum Gasteiger partial charge on any atom is 0.573 e. The number of aliphatic carboxylic acids is 1. The number of halogens is 4.